The molecule has 3 rings (SSSR count). The lowest BCUT2D eigenvalue weighted by Crippen LogP contribution is -2.11. The molecule has 0 aliphatic carbocycles. The van der Waals surface area contributed by atoms with Crippen LogP contribution >= 0.6 is 0 Å². The van der Waals surface area contributed by atoms with Gasteiger partial charge in [-0.15, -0.1) is 10.2 Å². The van der Waals surface area contributed by atoms with Gasteiger partial charge >= 0.3 is 5.97 Å². The van der Waals surface area contributed by atoms with Crippen LogP contribution in [0.2, 0.25) is 0 Å². The molecule has 1 heterocycles. The number of aryl methyl sites for hydroxylation is 2. The molecule has 0 fully saturated rings. The van der Waals surface area contributed by atoms with Gasteiger partial charge in [0.15, 0.2) is 11.9 Å². The summed E-state index contributed by atoms with van der Waals surface area (Å²) in [6, 6.07) is 14.9. The number of Topliss-reactive ketones (excluding diaryl/α,β-unsaturated/α-hetero) is 1. The van der Waals surface area contributed by atoms with E-state index in [0.29, 0.717) is 11.5 Å². The molecule has 0 amide bonds. The van der Waals surface area contributed by atoms with Crippen molar-refractivity contribution in [3.8, 4) is 11.5 Å². The molecule has 0 N–H and O–H groups in total. The number of aromatic nitrogens is 2. The van der Waals surface area contributed by atoms with Crippen LogP contribution in [0.15, 0.2) is 52.9 Å². The van der Waals surface area contributed by atoms with Gasteiger partial charge in [-0.2, -0.15) is 0 Å². The lowest BCUT2D eigenvalue weighted by Gasteiger charge is -2.09. The van der Waals surface area contributed by atoms with Crippen LogP contribution in [-0.2, 0) is 9.53 Å². The van der Waals surface area contributed by atoms with Gasteiger partial charge in [0.25, 0.3) is 5.89 Å². The molecule has 0 aliphatic heterocycles. The molecule has 0 radical (unpaired) electrons. The van der Waals surface area contributed by atoms with Gasteiger partial charge in [-0.05, 0) is 32.9 Å². The Morgan fingerprint density at radius 2 is 1.54 bits per heavy atom. The van der Waals surface area contributed by atoms with Crippen LogP contribution in [0, 0.1) is 13.8 Å². The average Bonchev–Trinajstić information content (AvgIpc) is 3.17. The van der Waals surface area contributed by atoms with Crippen LogP contribution in [0.25, 0.3) is 11.5 Å². The molecule has 6 nitrogen and oxygen atoms in total. The smallest absolute Gasteiger partial charge is 0.307 e. The largest absolute Gasteiger partial charge is 0.453 e. The maximum atomic E-state index is 12.2. The lowest BCUT2D eigenvalue weighted by molar-refractivity contribution is -0.149. The van der Waals surface area contributed by atoms with E-state index in [4.69, 9.17) is 9.15 Å². The molecule has 0 saturated heterocycles. The molecule has 144 valence electrons. The van der Waals surface area contributed by atoms with Crippen LogP contribution in [0.1, 0.15) is 53.2 Å². The summed E-state index contributed by atoms with van der Waals surface area (Å²) in [6.07, 6.45) is -0.600. The van der Waals surface area contributed by atoms with E-state index in [2.05, 4.69) is 10.2 Å². The minimum Gasteiger partial charge on any atom is -0.453 e. The standard InChI is InChI=1S/C22H22N2O4/c1-14-4-8-17(9-5-14)19(25)12-13-20(26)27-16(3)21-23-24-22(28-21)18-10-6-15(2)7-11-18/h4-11,16H,12-13H2,1-3H3/t16-/m1/s1. The molecule has 28 heavy (non-hydrogen) atoms. The Hall–Kier alpha value is -3.28. The zero-order chi connectivity index (χ0) is 20.1. The Bertz CT molecular complexity index is 959. The first-order chi connectivity index (χ1) is 13.4. The number of esters is 1. The molecule has 0 saturated carbocycles. The van der Waals surface area contributed by atoms with Gasteiger partial charge in [0, 0.05) is 17.5 Å². The molecule has 3 aromatic rings. The highest BCUT2D eigenvalue weighted by Crippen LogP contribution is 2.23. The van der Waals surface area contributed by atoms with E-state index in [-0.39, 0.29) is 24.5 Å². The highest BCUT2D eigenvalue weighted by Gasteiger charge is 2.19. The molecule has 1 atom stereocenters. The van der Waals surface area contributed by atoms with Crippen molar-refractivity contribution in [3.63, 3.8) is 0 Å². The topological polar surface area (TPSA) is 82.3 Å². The fraction of sp³-hybridized carbons (Fsp3) is 0.273. The maximum Gasteiger partial charge on any atom is 0.307 e. The van der Waals surface area contributed by atoms with Gasteiger partial charge in [0.2, 0.25) is 5.89 Å². The van der Waals surface area contributed by atoms with Gasteiger partial charge in [0.05, 0.1) is 6.42 Å². The number of carbonyl (C=O) groups excluding carboxylic acids is 2. The SMILES string of the molecule is Cc1ccc(C(=O)CCC(=O)O[C@H](C)c2nnc(-c3ccc(C)cc3)o2)cc1. The number of rotatable bonds is 7. The van der Waals surface area contributed by atoms with Crippen molar-refractivity contribution in [1.29, 1.82) is 0 Å². The Morgan fingerprint density at radius 1 is 0.929 bits per heavy atom. The molecular formula is C22H22N2O4. The summed E-state index contributed by atoms with van der Waals surface area (Å²) in [6.45, 7) is 5.61. The lowest BCUT2D eigenvalue weighted by atomic mass is 10.1. The number of ether oxygens (including phenoxy) is 1. The fourth-order valence-electron chi connectivity index (χ4n) is 2.62. The second-order valence-electron chi connectivity index (χ2n) is 6.73. The third-order valence-corrected chi connectivity index (χ3v) is 4.32. The summed E-state index contributed by atoms with van der Waals surface area (Å²) in [4.78, 5) is 24.2. The van der Waals surface area contributed by atoms with Gasteiger partial charge in [0.1, 0.15) is 0 Å². The van der Waals surface area contributed by atoms with Crippen LogP contribution in [0.3, 0.4) is 0 Å². The van der Waals surface area contributed by atoms with Crippen LogP contribution < -0.4 is 0 Å². The molecule has 0 bridgehead atoms. The summed E-state index contributed by atoms with van der Waals surface area (Å²) < 4.78 is 10.9. The number of hydrogen-bond acceptors (Lipinski definition) is 6. The van der Waals surface area contributed by atoms with Crippen molar-refractivity contribution in [2.45, 2.75) is 39.7 Å². The van der Waals surface area contributed by atoms with Gasteiger partial charge in [-0.3, -0.25) is 9.59 Å². The predicted octanol–water partition coefficient (Wildman–Crippen LogP) is 4.62. The van der Waals surface area contributed by atoms with E-state index in [1.54, 1.807) is 19.1 Å². The van der Waals surface area contributed by atoms with E-state index in [0.717, 1.165) is 16.7 Å². The van der Waals surface area contributed by atoms with Crippen molar-refractivity contribution < 1.29 is 18.7 Å². The first-order valence-corrected chi connectivity index (χ1v) is 9.12. The Labute approximate surface area is 163 Å². The number of hydrogen-bond donors (Lipinski definition) is 0. The highest BCUT2D eigenvalue weighted by molar-refractivity contribution is 5.97. The third kappa shape index (κ3) is 4.91. The number of nitrogens with zero attached hydrogens (tertiary/aromatic N) is 2. The quantitative estimate of drug-likeness (QED) is 0.441. The summed E-state index contributed by atoms with van der Waals surface area (Å²) in [7, 11) is 0. The molecule has 6 heteroatoms. The second-order valence-corrected chi connectivity index (χ2v) is 6.73. The monoisotopic (exact) mass is 378 g/mol. The normalized spacial score (nSPS) is 11.8. The number of benzene rings is 2. The fourth-order valence-corrected chi connectivity index (χ4v) is 2.62. The van der Waals surface area contributed by atoms with Crippen LogP contribution in [-0.4, -0.2) is 21.9 Å². The minimum absolute atomic E-state index is 0.00396. The second kappa shape index (κ2) is 8.61. The molecule has 0 spiro atoms. The van der Waals surface area contributed by atoms with E-state index in [1.807, 2.05) is 50.2 Å². The number of ketones is 1. The molecule has 2 aromatic carbocycles. The van der Waals surface area contributed by atoms with Crippen LogP contribution in [0.4, 0.5) is 0 Å². The van der Waals surface area contributed by atoms with Gasteiger partial charge < -0.3 is 9.15 Å². The van der Waals surface area contributed by atoms with E-state index < -0.39 is 12.1 Å². The third-order valence-electron chi connectivity index (χ3n) is 4.32. The average molecular weight is 378 g/mol. The summed E-state index contributed by atoms with van der Waals surface area (Å²) in [5.74, 6) is 0.00771. The Balaban J connectivity index is 1.53. The predicted molar refractivity (Wildman–Crippen MR) is 104 cm³/mol. The zero-order valence-corrected chi connectivity index (χ0v) is 16.1. The molecule has 0 unspecified atom stereocenters. The molecule has 0 aliphatic rings. The van der Waals surface area contributed by atoms with Crippen molar-refractivity contribution in [2.24, 2.45) is 0 Å². The van der Waals surface area contributed by atoms with Crippen molar-refractivity contribution in [2.75, 3.05) is 0 Å². The first kappa shape index (κ1) is 19.5. The van der Waals surface area contributed by atoms with Crippen molar-refractivity contribution >= 4 is 11.8 Å². The van der Waals surface area contributed by atoms with Crippen molar-refractivity contribution in [1.82, 2.24) is 10.2 Å². The Morgan fingerprint density at radius 3 is 2.18 bits per heavy atom. The zero-order valence-electron chi connectivity index (χ0n) is 16.1. The minimum atomic E-state index is -0.686. The van der Waals surface area contributed by atoms with E-state index in [9.17, 15) is 9.59 Å². The van der Waals surface area contributed by atoms with E-state index in [1.165, 1.54) is 0 Å². The van der Waals surface area contributed by atoms with Gasteiger partial charge in [-0.25, -0.2) is 0 Å². The number of carbonyl (C=O) groups is 2. The van der Waals surface area contributed by atoms with Crippen molar-refractivity contribution in [3.05, 3.63) is 71.1 Å². The summed E-state index contributed by atoms with van der Waals surface area (Å²) in [5.41, 5.74) is 3.60. The van der Waals surface area contributed by atoms with Gasteiger partial charge in [-0.1, -0.05) is 47.5 Å². The molecular weight excluding hydrogens is 356 g/mol. The first-order valence-electron chi connectivity index (χ1n) is 9.12. The maximum absolute atomic E-state index is 12.2. The summed E-state index contributed by atoms with van der Waals surface area (Å²) in [5, 5.41) is 7.96. The molecule has 1 aromatic heterocycles. The summed E-state index contributed by atoms with van der Waals surface area (Å²) >= 11 is 0. The Kier molecular flexibility index (Phi) is 5.99. The highest BCUT2D eigenvalue weighted by atomic mass is 16.6. The van der Waals surface area contributed by atoms with E-state index >= 15 is 0 Å². The van der Waals surface area contributed by atoms with Crippen LogP contribution in [0.5, 0.6) is 0 Å².